The molecule has 1 aromatic carbocycles. The minimum atomic E-state index is -1.51. The minimum absolute atomic E-state index is 0.691. The molecule has 0 unspecified atom stereocenters. The van der Waals surface area contributed by atoms with Crippen molar-refractivity contribution in [1.82, 2.24) is 0 Å². The molecule has 0 bridgehead atoms. The van der Waals surface area contributed by atoms with Gasteiger partial charge in [0.05, 0.1) is 13.2 Å². The van der Waals surface area contributed by atoms with Crippen LogP contribution in [0.3, 0.4) is 0 Å². The summed E-state index contributed by atoms with van der Waals surface area (Å²) in [6.07, 6.45) is -3.41. The number of carbonyl (C=O) groups is 2. The predicted molar refractivity (Wildman–Crippen MR) is 90.0 cm³/mol. The van der Waals surface area contributed by atoms with Crippen molar-refractivity contribution in [1.29, 1.82) is 0 Å². The van der Waals surface area contributed by atoms with E-state index in [1.807, 2.05) is 0 Å². The van der Waals surface area contributed by atoms with E-state index in [2.05, 4.69) is 0 Å². The van der Waals surface area contributed by atoms with Crippen molar-refractivity contribution in [3.05, 3.63) is 35.9 Å². The van der Waals surface area contributed by atoms with Crippen molar-refractivity contribution in [2.45, 2.75) is 44.6 Å². The fourth-order valence-electron chi connectivity index (χ4n) is 2.55. The number of hydrogen-bond donors (Lipinski definition) is 2. The van der Waals surface area contributed by atoms with Gasteiger partial charge in [0.1, 0.15) is 11.9 Å². The van der Waals surface area contributed by atoms with Crippen molar-refractivity contribution < 1.29 is 38.7 Å². The third-order valence-corrected chi connectivity index (χ3v) is 3.85. The van der Waals surface area contributed by atoms with Gasteiger partial charge in [-0.3, -0.25) is 4.79 Å². The van der Waals surface area contributed by atoms with Crippen LogP contribution in [0.5, 0.6) is 5.75 Å². The Labute approximate surface area is 150 Å². The van der Waals surface area contributed by atoms with E-state index >= 15 is 0 Å². The van der Waals surface area contributed by atoms with Crippen LogP contribution in [0.1, 0.15) is 19.4 Å². The van der Waals surface area contributed by atoms with Crippen LogP contribution in [0.15, 0.2) is 30.3 Å². The maximum Gasteiger partial charge on any atom is 0.331 e. The van der Waals surface area contributed by atoms with Crippen molar-refractivity contribution in [2.24, 2.45) is 0 Å². The van der Waals surface area contributed by atoms with Crippen LogP contribution in [0.4, 0.5) is 0 Å². The lowest BCUT2D eigenvalue weighted by Gasteiger charge is -2.40. The fourth-order valence-corrected chi connectivity index (χ4v) is 2.55. The van der Waals surface area contributed by atoms with Crippen LogP contribution in [-0.2, 0) is 23.8 Å². The Morgan fingerprint density at radius 3 is 2.35 bits per heavy atom. The van der Waals surface area contributed by atoms with Crippen LogP contribution in [0.25, 0.3) is 6.08 Å². The summed E-state index contributed by atoms with van der Waals surface area (Å²) in [6.45, 7) is 2.66. The van der Waals surface area contributed by atoms with E-state index in [1.54, 1.807) is 37.5 Å². The second kappa shape index (κ2) is 8.79. The summed E-state index contributed by atoms with van der Waals surface area (Å²) in [7, 11) is 1.56. The first-order valence-electron chi connectivity index (χ1n) is 8.03. The molecule has 1 fully saturated rings. The quantitative estimate of drug-likeness (QED) is 0.577. The van der Waals surface area contributed by atoms with E-state index in [0.717, 1.165) is 12.5 Å². The van der Waals surface area contributed by atoms with Crippen LogP contribution in [-0.4, -0.2) is 60.0 Å². The van der Waals surface area contributed by atoms with E-state index in [9.17, 15) is 19.8 Å². The number of aliphatic hydroxyl groups is 2. The summed E-state index contributed by atoms with van der Waals surface area (Å²) in [5, 5.41) is 20.1. The van der Waals surface area contributed by atoms with Gasteiger partial charge in [0.25, 0.3) is 0 Å². The standard InChI is InChI=1S/C18H22O8/c1-10-16(15(21)17(18(22)24-10)25-11(2)19)26-14(20)9-6-12-4-7-13(23-3)8-5-12/h4-10,15-18,21-22H,1-3H3/b9-6+/t10-,15+,16-,17+,18+/m0/s1. The van der Waals surface area contributed by atoms with Gasteiger partial charge >= 0.3 is 11.9 Å². The van der Waals surface area contributed by atoms with Gasteiger partial charge in [0.15, 0.2) is 18.5 Å². The first-order chi connectivity index (χ1) is 12.3. The summed E-state index contributed by atoms with van der Waals surface area (Å²) in [5.74, 6) is -0.717. The number of rotatable bonds is 5. The number of benzene rings is 1. The molecule has 8 nitrogen and oxygen atoms in total. The molecular weight excluding hydrogens is 344 g/mol. The second-order valence-corrected chi connectivity index (χ2v) is 5.80. The molecule has 0 aliphatic carbocycles. The average Bonchev–Trinajstić information content (AvgIpc) is 2.60. The minimum Gasteiger partial charge on any atom is -0.497 e. The summed E-state index contributed by atoms with van der Waals surface area (Å²) in [5.41, 5.74) is 0.754. The van der Waals surface area contributed by atoms with E-state index in [4.69, 9.17) is 18.9 Å². The van der Waals surface area contributed by atoms with Gasteiger partial charge in [-0.1, -0.05) is 12.1 Å². The summed E-state index contributed by atoms with van der Waals surface area (Å²) in [6, 6.07) is 7.02. The second-order valence-electron chi connectivity index (χ2n) is 5.80. The molecule has 8 heteroatoms. The smallest absolute Gasteiger partial charge is 0.331 e. The highest BCUT2D eigenvalue weighted by atomic mass is 16.7. The summed E-state index contributed by atoms with van der Waals surface area (Å²) < 4.78 is 20.3. The number of methoxy groups -OCH3 is 1. The lowest BCUT2D eigenvalue weighted by atomic mass is 9.99. The SMILES string of the molecule is COc1ccc(/C=C/C(=O)O[C@@H]2[C@@H](O)[C@@H](OC(C)=O)[C@H](O)O[C@H]2C)cc1. The van der Waals surface area contributed by atoms with Gasteiger partial charge in [-0.05, 0) is 30.7 Å². The zero-order valence-corrected chi connectivity index (χ0v) is 14.7. The molecule has 1 aliphatic rings. The average molecular weight is 366 g/mol. The van der Waals surface area contributed by atoms with Crippen LogP contribution in [0.2, 0.25) is 0 Å². The van der Waals surface area contributed by atoms with Gasteiger partial charge in [0.2, 0.25) is 0 Å². The Balaban J connectivity index is 2.01. The Bertz CT molecular complexity index is 654. The lowest BCUT2D eigenvalue weighted by molar-refractivity contribution is -0.284. The Morgan fingerprint density at radius 1 is 1.12 bits per heavy atom. The molecule has 0 saturated carbocycles. The first-order valence-corrected chi connectivity index (χ1v) is 8.03. The van der Waals surface area contributed by atoms with Gasteiger partial charge in [-0.25, -0.2) is 4.79 Å². The molecule has 0 radical (unpaired) electrons. The zero-order chi connectivity index (χ0) is 19.3. The highest BCUT2D eigenvalue weighted by Gasteiger charge is 2.46. The number of hydrogen-bond acceptors (Lipinski definition) is 8. The molecule has 1 aromatic rings. The van der Waals surface area contributed by atoms with E-state index in [-0.39, 0.29) is 0 Å². The lowest BCUT2D eigenvalue weighted by Crippen LogP contribution is -2.59. The number of ether oxygens (including phenoxy) is 4. The predicted octanol–water partition coefficient (Wildman–Crippen LogP) is 0.650. The number of carbonyl (C=O) groups excluding carboxylic acids is 2. The largest absolute Gasteiger partial charge is 0.497 e. The highest BCUT2D eigenvalue weighted by molar-refractivity contribution is 5.87. The first kappa shape index (κ1) is 19.9. The Morgan fingerprint density at radius 2 is 1.77 bits per heavy atom. The topological polar surface area (TPSA) is 112 Å². The van der Waals surface area contributed by atoms with Crippen molar-refractivity contribution in [2.75, 3.05) is 7.11 Å². The molecule has 5 atom stereocenters. The van der Waals surface area contributed by atoms with Crippen molar-refractivity contribution in [3.8, 4) is 5.75 Å². The number of aliphatic hydroxyl groups excluding tert-OH is 2. The zero-order valence-electron chi connectivity index (χ0n) is 14.7. The Hall–Kier alpha value is -2.42. The summed E-state index contributed by atoms with van der Waals surface area (Å²) >= 11 is 0. The molecule has 142 valence electrons. The molecule has 0 spiro atoms. The third-order valence-electron chi connectivity index (χ3n) is 3.85. The molecule has 1 aliphatic heterocycles. The van der Waals surface area contributed by atoms with Crippen molar-refractivity contribution >= 4 is 18.0 Å². The molecule has 1 saturated heterocycles. The van der Waals surface area contributed by atoms with E-state index in [0.29, 0.717) is 5.75 Å². The maximum absolute atomic E-state index is 12.0. The molecule has 1 heterocycles. The Kier molecular flexibility index (Phi) is 6.73. The monoisotopic (exact) mass is 366 g/mol. The van der Waals surface area contributed by atoms with Crippen LogP contribution in [0, 0.1) is 0 Å². The molecule has 0 aromatic heterocycles. The fraction of sp³-hybridized carbons (Fsp3) is 0.444. The molecule has 0 amide bonds. The highest BCUT2D eigenvalue weighted by Crippen LogP contribution is 2.25. The van der Waals surface area contributed by atoms with Gasteiger partial charge in [-0.15, -0.1) is 0 Å². The van der Waals surface area contributed by atoms with Crippen LogP contribution < -0.4 is 4.74 Å². The van der Waals surface area contributed by atoms with Gasteiger partial charge in [-0.2, -0.15) is 0 Å². The van der Waals surface area contributed by atoms with E-state index < -0.39 is 42.6 Å². The summed E-state index contributed by atoms with van der Waals surface area (Å²) in [4.78, 5) is 23.1. The van der Waals surface area contributed by atoms with Gasteiger partial charge < -0.3 is 29.2 Å². The van der Waals surface area contributed by atoms with Gasteiger partial charge in [0, 0.05) is 13.0 Å². The molecular formula is C18H22O8. The number of esters is 2. The normalized spacial score (nSPS) is 28.6. The molecule has 2 N–H and O–H groups in total. The van der Waals surface area contributed by atoms with E-state index in [1.165, 1.54) is 13.0 Å². The maximum atomic E-state index is 12.0. The third kappa shape index (κ3) is 5.04. The molecule has 26 heavy (non-hydrogen) atoms. The van der Waals surface area contributed by atoms with Crippen molar-refractivity contribution in [3.63, 3.8) is 0 Å². The molecule has 2 rings (SSSR count). The van der Waals surface area contributed by atoms with Crippen LogP contribution >= 0.6 is 0 Å².